The highest BCUT2D eigenvalue weighted by molar-refractivity contribution is 6.47. The Morgan fingerprint density at radius 3 is 2.38 bits per heavy atom. The Hall–Kier alpha value is -3.03. The molecule has 136 valence electrons. The lowest BCUT2D eigenvalue weighted by molar-refractivity contribution is -0.142. The average Bonchev–Trinajstić information content (AvgIpc) is 3.00. The van der Waals surface area contributed by atoms with Gasteiger partial charge >= 0.3 is 5.97 Å². The maximum absolute atomic E-state index is 13.1. The Kier molecular flexibility index (Phi) is 4.14. The smallest absolute Gasteiger partial charge is 0.355 e. The van der Waals surface area contributed by atoms with Crippen molar-refractivity contribution < 1.29 is 23.9 Å². The zero-order valence-corrected chi connectivity index (χ0v) is 15.0. The van der Waals surface area contributed by atoms with Crippen molar-refractivity contribution in [3.05, 3.63) is 29.8 Å². The second-order valence-electron chi connectivity index (χ2n) is 6.43. The molecule has 0 bridgehead atoms. The van der Waals surface area contributed by atoms with Crippen LogP contribution in [-0.2, 0) is 23.9 Å². The number of benzene rings is 1. The van der Waals surface area contributed by atoms with Gasteiger partial charge in [0.25, 0.3) is 5.91 Å². The standard InChI is InChI=1S/C18H19N3O5/c1-5-26-16(24)14-13-15(23)20(12-8-6-10(2)7-9-12)17(25)18(13,4)21(19-14)11(3)22/h6-9,13H,5H2,1-4H3. The maximum atomic E-state index is 13.1. The minimum absolute atomic E-state index is 0.0885. The van der Waals surface area contributed by atoms with Crippen molar-refractivity contribution in [1.29, 1.82) is 0 Å². The fourth-order valence-electron chi connectivity index (χ4n) is 3.38. The molecule has 2 atom stereocenters. The normalized spacial score (nSPS) is 24.6. The number of imide groups is 1. The number of hydrogen-bond acceptors (Lipinski definition) is 6. The van der Waals surface area contributed by atoms with Gasteiger partial charge in [0, 0.05) is 6.92 Å². The van der Waals surface area contributed by atoms with Gasteiger partial charge in [0.1, 0.15) is 5.92 Å². The van der Waals surface area contributed by atoms with Crippen molar-refractivity contribution in [3.8, 4) is 0 Å². The number of anilines is 1. The van der Waals surface area contributed by atoms with Crippen LogP contribution in [0.5, 0.6) is 0 Å². The molecule has 2 aliphatic rings. The van der Waals surface area contributed by atoms with Crippen LogP contribution in [0.1, 0.15) is 26.3 Å². The molecule has 3 rings (SSSR count). The van der Waals surface area contributed by atoms with Crippen LogP contribution in [-0.4, -0.2) is 46.6 Å². The van der Waals surface area contributed by atoms with E-state index in [1.165, 1.54) is 13.8 Å². The van der Waals surface area contributed by atoms with E-state index >= 15 is 0 Å². The molecule has 0 aliphatic carbocycles. The van der Waals surface area contributed by atoms with E-state index in [9.17, 15) is 19.2 Å². The summed E-state index contributed by atoms with van der Waals surface area (Å²) in [4.78, 5) is 51.5. The largest absolute Gasteiger partial charge is 0.461 e. The van der Waals surface area contributed by atoms with Crippen molar-refractivity contribution in [3.63, 3.8) is 0 Å². The highest BCUT2D eigenvalue weighted by atomic mass is 16.5. The summed E-state index contributed by atoms with van der Waals surface area (Å²) in [6.07, 6.45) is 0. The quantitative estimate of drug-likeness (QED) is 0.594. The third-order valence-corrected chi connectivity index (χ3v) is 4.66. The first-order valence-corrected chi connectivity index (χ1v) is 8.25. The monoisotopic (exact) mass is 357 g/mol. The van der Waals surface area contributed by atoms with E-state index in [-0.39, 0.29) is 12.3 Å². The Balaban J connectivity index is 2.11. The number of rotatable bonds is 3. The molecular formula is C18H19N3O5. The molecule has 26 heavy (non-hydrogen) atoms. The maximum Gasteiger partial charge on any atom is 0.355 e. The Morgan fingerprint density at radius 2 is 1.85 bits per heavy atom. The molecule has 1 aromatic rings. The lowest BCUT2D eigenvalue weighted by atomic mass is 9.85. The van der Waals surface area contributed by atoms with E-state index in [0.29, 0.717) is 5.69 Å². The molecule has 2 aliphatic heterocycles. The number of carbonyl (C=O) groups is 4. The van der Waals surface area contributed by atoms with Crippen molar-refractivity contribution >= 4 is 35.1 Å². The highest BCUT2D eigenvalue weighted by Crippen LogP contribution is 2.43. The SMILES string of the molecule is CCOC(=O)C1=NN(C(C)=O)C2(C)C(=O)N(c3ccc(C)cc3)C(=O)C12. The fourth-order valence-corrected chi connectivity index (χ4v) is 3.38. The molecule has 8 nitrogen and oxygen atoms in total. The lowest BCUT2D eigenvalue weighted by Crippen LogP contribution is -2.52. The van der Waals surface area contributed by atoms with Crippen LogP contribution in [0.3, 0.4) is 0 Å². The fraction of sp³-hybridized carbons (Fsp3) is 0.389. The van der Waals surface area contributed by atoms with Crippen LogP contribution in [0.15, 0.2) is 29.4 Å². The molecule has 0 N–H and O–H groups in total. The van der Waals surface area contributed by atoms with Gasteiger partial charge in [-0.25, -0.2) is 14.7 Å². The van der Waals surface area contributed by atoms with Crippen LogP contribution < -0.4 is 4.90 Å². The van der Waals surface area contributed by atoms with Crippen molar-refractivity contribution in [2.24, 2.45) is 11.0 Å². The number of aryl methyl sites for hydroxylation is 1. The zero-order valence-electron chi connectivity index (χ0n) is 15.0. The number of ether oxygens (including phenoxy) is 1. The van der Waals surface area contributed by atoms with Gasteiger partial charge in [0.15, 0.2) is 11.3 Å². The van der Waals surface area contributed by atoms with Gasteiger partial charge in [-0.3, -0.25) is 14.4 Å². The average molecular weight is 357 g/mol. The summed E-state index contributed by atoms with van der Waals surface area (Å²) in [7, 11) is 0. The molecule has 2 unspecified atom stereocenters. The number of carbonyl (C=O) groups excluding carboxylic acids is 4. The predicted molar refractivity (Wildman–Crippen MR) is 92.2 cm³/mol. The van der Waals surface area contributed by atoms with Gasteiger partial charge in [-0.2, -0.15) is 5.10 Å². The van der Waals surface area contributed by atoms with Gasteiger partial charge in [-0.15, -0.1) is 0 Å². The number of esters is 1. The summed E-state index contributed by atoms with van der Waals surface area (Å²) in [5, 5.41) is 4.88. The Morgan fingerprint density at radius 1 is 1.23 bits per heavy atom. The first-order valence-electron chi connectivity index (χ1n) is 8.25. The Labute approximate surface area is 150 Å². The molecular weight excluding hydrogens is 338 g/mol. The third-order valence-electron chi connectivity index (χ3n) is 4.66. The van der Waals surface area contributed by atoms with E-state index in [1.807, 2.05) is 6.92 Å². The topological polar surface area (TPSA) is 96.3 Å². The van der Waals surface area contributed by atoms with Crippen LogP contribution in [0.4, 0.5) is 5.69 Å². The minimum Gasteiger partial charge on any atom is -0.461 e. The highest BCUT2D eigenvalue weighted by Gasteiger charge is 2.67. The molecule has 0 spiro atoms. The zero-order chi connectivity index (χ0) is 19.2. The van der Waals surface area contributed by atoms with Crippen molar-refractivity contribution in [2.45, 2.75) is 33.2 Å². The number of nitrogens with zero attached hydrogens (tertiary/aromatic N) is 3. The first-order chi connectivity index (χ1) is 12.2. The second-order valence-corrected chi connectivity index (χ2v) is 6.43. The number of fused-ring (bicyclic) bond motifs is 1. The summed E-state index contributed by atoms with van der Waals surface area (Å²) in [6.45, 7) is 6.27. The molecule has 8 heteroatoms. The van der Waals surface area contributed by atoms with Gasteiger partial charge in [-0.1, -0.05) is 17.7 Å². The Bertz CT molecular complexity index is 845. The van der Waals surface area contributed by atoms with Crippen LogP contribution in [0, 0.1) is 12.8 Å². The summed E-state index contributed by atoms with van der Waals surface area (Å²) in [6, 6.07) is 6.84. The van der Waals surface area contributed by atoms with Crippen molar-refractivity contribution in [1.82, 2.24) is 5.01 Å². The lowest BCUT2D eigenvalue weighted by Gasteiger charge is -2.28. The van der Waals surface area contributed by atoms with E-state index in [4.69, 9.17) is 4.74 Å². The van der Waals surface area contributed by atoms with E-state index in [1.54, 1.807) is 31.2 Å². The van der Waals surface area contributed by atoms with Gasteiger partial charge in [0.05, 0.1) is 12.3 Å². The van der Waals surface area contributed by atoms with Gasteiger partial charge in [-0.05, 0) is 32.9 Å². The predicted octanol–water partition coefficient (Wildman–Crippen LogP) is 1.02. The van der Waals surface area contributed by atoms with Crippen LogP contribution in [0.2, 0.25) is 0 Å². The molecule has 1 aromatic carbocycles. The first kappa shape index (κ1) is 17.8. The molecule has 3 amide bonds. The molecule has 1 saturated heterocycles. The molecule has 2 heterocycles. The minimum atomic E-state index is -1.59. The van der Waals surface area contributed by atoms with Crippen molar-refractivity contribution in [2.75, 3.05) is 11.5 Å². The summed E-state index contributed by atoms with van der Waals surface area (Å²) < 4.78 is 4.96. The van der Waals surface area contributed by atoms with Gasteiger partial charge < -0.3 is 4.74 Å². The molecule has 0 saturated carbocycles. The number of hydrogen-bond donors (Lipinski definition) is 0. The van der Waals surface area contributed by atoms with E-state index in [0.717, 1.165) is 15.5 Å². The third kappa shape index (κ3) is 2.33. The van der Waals surface area contributed by atoms with E-state index in [2.05, 4.69) is 5.10 Å². The van der Waals surface area contributed by atoms with Gasteiger partial charge in [0.2, 0.25) is 11.8 Å². The van der Waals surface area contributed by atoms with Crippen LogP contribution >= 0.6 is 0 Å². The summed E-state index contributed by atoms with van der Waals surface area (Å²) in [5.41, 5.74) is -0.459. The van der Waals surface area contributed by atoms with Crippen LogP contribution in [0.25, 0.3) is 0 Å². The number of hydrazone groups is 1. The second kappa shape index (κ2) is 6.05. The molecule has 1 fully saturated rings. The molecule has 0 radical (unpaired) electrons. The summed E-state index contributed by atoms with van der Waals surface area (Å²) >= 11 is 0. The summed E-state index contributed by atoms with van der Waals surface area (Å²) in [5.74, 6) is -3.74. The van der Waals surface area contributed by atoms with E-state index < -0.39 is 35.1 Å². The molecule has 0 aromatic heterocycles. The number of amides is 3.